The first-order chi connectivity index (χ1) is 8.45. The van der Waals surface area contributed by atoms with E-state index >= 15 is 0 Å². The molecule has 5 nitrogen and oxygen atoms in total. The Hall–Kier alpha value is -1.14. The molecule has 1 aliphatic heterocycles. The molecule has 0 saturated carbocycles. The lowest BCUT2D eigenvalue weighted by Crippen LogP contribution is -2.43. The molecule has 0 aliphatic carbocycles. The van der Waals surface area contributed by atoms with Gasteiger partial charge < -0.3 is 4.42 Å². The van der Waals surface area contributed by atoms with Gasteiger partial charge in [-0.3, -0.25) is 4.79 Å². The smallest absolute Gasteiger partial charge is 0.276 e. The highest BCUT2D eigenvalue weighted by Crippen LogP contribution is 2.28. The van der Waals surface area contributed by atoms with Gasteiger partial charge in [0.05, 0.1) is 0 Å². The van der Waals surface area contributed by atoms with Crippen molar-refractivity contribution in [2.75, 3.05) is 6.54 Å². The number of aldehydes is 1. The number of rotatable bonds is 3. The minimum Gasteiger partial charge on any atom is -0.440 e. The highest BCUT2D eigenvalue weighted by atomic mass is 32.2. The van der Waals surface area contributed by atoms with Crippen molar-refractivity contribution in [1.82, 2.24) is 4.31 Å². The van der Waals surface area contributed by atoms with Gasteiger partial charge in [0.15, 0.2) is 12.0 Å². The van der Waals surface area contributed by atoms with E-state index in [-0.39, 0.29) is 16.9 Å². The number of nitrogens with zero attached hydrogens (tertiary/aromatic N) is 1. The lowest BCUT2D eigenvalue weighted by atomic mass is 9.95. The average molecular weight is 271 g/mol. The predicted molar refractivity (Wildman–Crippen MR) is 65.8 cm³/mol. The number of hydrogen-bond donors (Lipinski definition) is 0. The fraction of sp³-hybridized carbons (Fsp3) is 0.583. The van der Waals surface area contributed by atoms with E-state index in [0.717, 1.165) is 12.8 Å². The van der Waals surface area contributed by atoms with Gasteiger partial charge in [0, 0.05) is 12.6 Å². The van der Waals surface area contributed by atoms with Crippen LogP contribution < -0.4 is 0 Å². The van der Waals surface area contributed by atoms with E-state index in [9.17, 15) is 13.2 Å². The molecule has 1 aromatic rings. The quantitative estimate of drug-likeness (QED) is 0.787. The van der Waals surface area contributed by atoms with Gasteiger partial charge in [0.2, 0.25) is 5.09 Å². The van der Waals surface area contributed by atoms with Gasteiger partial charge in [-0.1, -0.05) is 6.92 Å². The van der Waals surface area contributed by atoms with Crippen LogP contribution in [0.15, 0.2) is 21.6 Å². The first-order valence-electron chi connectivity index (χ1n) is 6.02. The minimum absolute atomic E-state index is 0.0339. The topological polar surface area (TPSA) is 67.6 Å². The van der Waals surface area contributed by atoms with Crippen LogP contribution in [0.4, 0.5) is 0 Å². The summed E-state index contributed by atoms with van der Waals surface area (Å²) in [6.07, 6.45) is 2.20. The van der Waals surface area contributed by atoms with E-state index in [2.05, 4.69) is 6.92 Å². The molecule has 0 bridgehead atoms. The summed E-state index contributed by atoms with van der Waals surface area (Å²) in [5.41, 5.74) is 0. The zero-order chi connectivity index (χ0) is 13.3. The van der Waals surface area contributed by atoms with E-state index in [1.165, 1.54) is 16.4 Å². The highest BCUT2D eigenvalue weighted by molar-refractivity contribution is 7.89. The molecule has 0 N–H and O–H groups in total. The third-order valence-corrected chi connectivity index (χ3v) is 5.25. The van der Waals surface area contributed by atoms with Crippen LogP contribution in [0, 0.1) is 5.92 Å². The molecule has 1 saturated heterocycles. The zero-order valence-corrected chi connectivity index (χ0v) is 11.3. The normalized spacial score (nSPS) is 26.1. The summed E-state index contributed by atoms with van der Waals surface area (Å²) in [6, 6.07) is 2.67. The largest absolute Gasteiger partial charge is 0.440 e. The van der Waals surface area contributed by atoms with Gasteiger partial charge in [-0.25, -0.2) is 8.42 Å². The van der Waals surface area contributed by atoms with Crippen molar-refractivity contribution < 1.29 is 17.6 Å². The molecule has 2 atom stereocenters. The Bertz CT molecular complexity index is 534. The molecular weight excluding hydrogens is 254 g/mol. The standard InChI is InChI=1S/C12H17NO4S/c1-9-5-6-13(10(2)7-9)18(15,16)12-4-3-11(8-14)17-12/h3-4,8-10H,5-7H2,1-2H3. The third kappa shape index (κ3) is 2.35. The van der Waals surface area contributed by atoms with Crippen LogP contribution in [0.3, 0.4) is 0 Å². The van der Waals surface area contributed by atoms with Crippen molar-refractivity contribution in [3.63, 3.8) is 0 Å². The molecule has 2 rings (SSSR count). The van der Waals surface area contributed by atoms with Crippen molar-refractivity contribution in [3.8, 4) is 0 Å². The van der Waals surface area contributed by atoms with E-state index in [4.69, 9.17) is 4.42 Å². The summed E-state index contributed by atoms with van der Waals surface area (Å²) in [7, 11) is -3.62. The molecule has 1 aromatic heterocycles. The van der Waals surface area contributed by atoms with Crippen LogP contribution in [-0.4, -0.2) is 31.6 Å². The fourth-order valence-corrected chi connectivity index (χ4v) is 3.97. The minimum atomic E-state index is -3.62. The first kappa shape index (κ1) is 13.3. The summed E-state index contributed by atoms with van der Waals surface area (Å²) in [5.74, 6) is 0.570. The second-order valence-electron chi connectivity index (χ2n) is 4.87. The molecule has 0 aromatic carbocycles. The van der Waals surface area contributed by atoms with Crippen molar-refractivity contribution in [2.45, 2.75) is 37.8 Å². The Labute approximate surface area is 107 Å². The van der Waals surface area contributed by atoms with Crippen molar-refractivity contribution in [1.29, 1.82) is 0 Å². The van der Waals surface area contributed by atoms with Gasteiger partial charge in [0.1, 0.15) is 0 Å². The summed E-state index contributed by atoms with van der Waals surface area (Å²) in [4.78, 5) is 10.5. The molecule has 0 radical (unpaired) electrons. The van der Waals surface area contributed by atoms with E-state index < -0.39 is 10.0 Å². The number of furan rings is 1. The molecule has 2 unspecified atom stereocenters. The zero-order valence-electron chi connectivity index (χ0n) is 10.5. The van der Waals surface area contributed by atoms with Crippen LogP contribution in [0.5, 0.6) is 0 Å². The average Bonchev–Trinajstić information content (AvgIpc) is 2.77. The van der Waals surface area contributed by atoms with Crippen LogP contribution >= 0.6 is 0 Å². The predicted octanol–water partition coefficient (Wildman–Crippen LogP) is 1.90. The number of carbonyl (C=O) groups is 1. The van der Waals surface area contributed by atoms with Crippen LogP contribution in [0.25, 0.3) is 0 Å². The third-order valence-electron chi connectivity index (χ3n) is 3.36. The Morgan fingerprint density at radius 2 is 2.11 bits per heavy atom. The Kier molecular flexibility index (Phi) is 3.59. The lowest BCUT2D eigenvalue weighted by molar-refractivity contribution is 0.109. The Morgan fingerprint density at radius 3 is 2.67 bits per heavy atom. The van der Waals surface area contributed by atoms with Crippen molar-refractivity contribution >= 4 is 16.3 Å². The summed E-state index contributed by atoms with van der Waals surface area (Å²) in [5, 5.41) is -0.147. The van der Waals surface area contributed by atoms with Gasteiger partial charge in [0.25, 0.3) is 10.0 Å². The molecule has 1 fully saturated rings. The summed E-state index contributed by atoms with van der Waals surface area (Å²) in [6.45, 7) is 4.52. The van der Waals surface area contributed by atoms with Crippen LogP contribution in [-0.2, 0) is 10.0 Å². The van der Waals surface area contributed by atoms with Gasteiger partial charge in [-0.05, 0) is 37.8 Å². The highest BCUT2D eigenvalue weighted by Gasteiger charge is 2.35. The molecule has 6 heteroatoms. The number of sulfonamides is 1. The number of carbonyl (C=O) groups excluding carboxylic acids is 1. The molecule has 18 heavy (non-hydrogen) atoms. The summed E-state index contributed by atoms with van der Waals surface area (Å²) >= 11 is 0. The molecule has 0 spiro atoms. The fourth-order valence-electron chi connectivity index (χ4n) is 2.39. The molecular formula is C12H17NO4S. The second kappa shape index (κ2) is 4.85. The van der Waals surface area contributed by atoms with Crippen molar-refractivity contribution in [2.24, 2.45) is 5.92 Å². The molecule has 1 aliphatic rings. The monoisotopic (exact) mass is 271 g/mol. The van der Waals surface area contributed by atoms with E-state index in [1.54, 1.807) is 0 Å². The second-order valence-corrected chi connectivity index (χ2v) is 6.69. The van der Waals surface area contributed by atoms with Crippen LogP contribution in [0.1, 0.15) is 37.2 Å². The van der Waals surface area contributed by atoms with Crippen LogP contribution in [0.2, 0.25) is 0 Å². The SMILES string of the molecule is CC1CCN(S(=O)(=O)c2ccc(C=O)o2)C(C)C1. The molecule has 2 heterocycles. The lowest BCUT2D eigenvalue weighted by Gasteiger charge is -2.34. The Morgan fingerprint density at radius 1 is 1.39 bits per heavy atom. The van der Waals surface area contributed by atoms with E-state index in [1.807, 2.05) is 6.92 Å². The maximum Gasteiger partial charge on any atom is 0.276 e. The Balaban J connectivity index is 2.28. The van der Waals surface area contributed by atoms with Gasteiger partial charge in [-0.15, -0.1) is 0 Å². The van der Waals surface area contributed by atoms with Crippen molar-refractivity contribution in [3.05, 3.63) is 17.9 Å². The number of piperidine rings is 1. The molecule has 100 valence electrons. The van der Waals surface area contributed by atoms with Gasteiger partial charge in [-0.2, -0.15) is 4.31 Å². The van der Waals surface area contributed by atoms with E-state index in [0.29, 0.717) is 18.7 Å². The first-order valence-corrected chi connectivity index (χ1v) is 7.46. The number of hydrogen-bond acceptors (Lipinski definition) is 4. The molecule has 0 amide bonds. The summed E-state index contributed by atoms with van der Waals surface area (Å²) < 4.78 is 31.2. The van der Waals surface area contributed by atoms with Gasteiger partial charge >= 0.3 is 0 Å². The maximum atomic E-state index is 12.3. The maximum absolute atomic E-state index is 12.3.